The number of aldehydes is 1. The third-order valence-corrected chi connectivity index (χ3v) is 2.52. The first-order valence-corrected chi connectivity index (χ1v) is 6.09. The normalized spacial score (nSPS) is 9.89. The average Bonchev–Trinajstić information content (AvgIpc) is 2.37. The Kier molecular flexibility index (Phi) is 6.22. The van der Waals surface area contributed by atoms with Crippen LogP contribution < -0.4 is 4.74 Å². The van der Waals surface area contributed by atoms with Gasteiger partial charge in [0, 0.05) is 0 Å². The molecule has 0 bridgehead atoms. The van der Waals surface area contributed by atoms with E-state index in [2.05, 4.69) is 0 Å². The minimum atomic E-state index is -0.472. The van der Waals surface area contributed by atoms with E-state index >= 15 is 0 Å². The van der Waals surface area contributed by atoms with Crippen molar-refractivity contribution in [1.82, 2.24) is 0 Å². The summed E-state index contributed by atoms with van der Waals surface area (Å²) in [7, 11) is 0. The summed E-state index contributed by atoms with van der Waals surface area (Å²) in [6.45, 7) is 2.13. The van der Waals surface area contributed by atoms with Gasteiger partial charge < -0.3 is 9.47 Å². The number of carbonyl (C=O) groups excluding carboxylic acids is 2. The van der Waals surface area contributed by atoms with Crippen molar-refractivity contribution in [2.45, 2.75) is 19.8 Å². The highest BCUT2D eigenvalue weighted by Gasteiger charge is 2.10. The van der Waals surface area contributed by atoms with Crippen molar-refractivity contribution in [3.63, 3.8) is 0 Å². The zero-order valence-corrected chi connectivity index (χ0v) is 10.9. The van der Waals surface area contributed by atoms with Gasteiger partial charge in [-0.3, -0.25) is 4.79 Å². The molecule has 4 nitrogen and oxygen atoms in total. The quantitative estimate of drug-likeness (QED) is 0.434. The molecule has 5 heteroatoms. The van der Waals surface area contributed by atoms with Gasteiger partial charge in [-0.15, -0.1) is 0 Å². The molecule has 0 radical (unpaired) electrons. The lowest BCUT2D eigenvalue weighted by molar-refractivity contribution is -0.146. The Morgan fingerprint density at radius 3 is 2.89 bits per heavy atom. The molecule has 0 spiro atoms. The molecule has 1 aromatic rings. The molecule has 1 rings (SSSR count). The van der Waals surface area contributed by atoms with Crippen molar-refractivity contribution in [1.29, 1.82) is 0 Å². The van der Waals surface area contributed by atoms with Gasteiger partial charge in [0.2, 0.25) is 0 Å². The van der Waals surface area contributed by atoms with Crippen molar-refractivity contribution < 1.29 is 19.1 Å². The average molecular weight is 271 g/mol. The Morgan fingerprint density at radius 1 is 1.44 bits per heavy atom. The number of ether oxygens (including phenoxy) is 2. The number of hydrogen-bond donors (Lipinski definition) is 0. The summed E-state index contributed by atoms with van der Waals surface area (Å²) < 4.78 is 10.1. The van der Waals surface area contributed by atoms with Crippen LogP contribution in [0.5, 0.6) is 5.75 Å². The van der Waals surface area contributed by atoms with Crippen LogP contribution in [0.1, 0.15) is 30.1 Å². The van der Waals surface area contributed by atoms with E-state index in [0.29, 0.717) is 23.5 Å². The lowest BCUT2D eigenvalue weighted by Gasteiger charge is -2.09. The fourth-order valence-electron chi connectivity index (χ4n) is 1.27. The molecule has 18 heavy (non-hydrogen) atoms. The molecule has 0 saturated heterocycles. The fourth-order valence-corrected chi connectivity index (χ4v) is 1.51. The van der Waals surface area contributed by atoms with Crippen LogP contribution in [-0.2, 0) is 9.53 Å². The lowest BCUT2D eigenvalue weighted by Crippen LogP contribution is -2.16. The number of benzene rings is 1. The van der Waals surface area contributed by atoms with Crippen molar-refractivity contribution >= 4 is 23.9 Å². The van der Waals surface area contributed by atoms with E-state index in [1.165, 1.54) is 0 Å². The van der Waals surface area contributed by atoms with E-state index in [9.17, 15) is 9.59 Å². The van der Waals surface area contributed by atoms with Crippen LogP contribution >= 0.6 is 11.6 Å². The molecule has 0 aliphatic heterocycles. The van der Waals surface area contributed by atoms with Crippen LogP contribution in [0.4, 0.5) is 0 Å². The highest BCUT2D eigenvalue weighted by molar-refractivity contribution is 6.32. The van der Waals surface area contributed by atoms with Gasteiger partial charge in [-0.25, -0.2) is 4.79 Å². The van der Waals surface area contributed by atoms with E-state index in [4.69, 9.17) is 21.1 Å². The monoisotopic (exact) mass is 270 g/mol. The van der Waals surface area contributed by atoms with E-state index in [0.717, 1.165) is 12.8 Å². The van der Waals surface area contributed by atoms with E-state index in [-0.39, 0.29) is 12.4 Å². The summed E-state index contributed by atoms with van der Waals surface area (Å²) in [5.41, 5.74) is 0.309. The van der Waals surface area contributed by atoms with E-state index < -0.39 is 5.97 Å². The fraction of sp³-hybridized carbons (Fsp3) is 0.385. The zero-order chi connectivity index (χ0) is 13.4. The molecule has 98 valence electrons. The molecule has 1 aromatic carbocycles. The van der Waals surface area contributed by atoms with Crippen molar-refractivity contribution in [2.75, 3.05) is 13.2 Å². The van der Waals surface area contributed by atoms with E-state index in [1.807, 2.05) is 6.92 Å². The van der Waals surface area contributed by atoms with Gasteiger partial charge in [0.15, 0.2) is 12.9 Å². The molecular formula is C13H15ClO4. The first-order chi connectivity index (χ1) is 8.69. The molecule has 0 amide bonds. The van der Waals surface area contributed by atoms with Crippen molar-refractivity contribution in [3.05, 3.63) is 28.8 Å². The molecule has 0 aliphatic carbocycles. The second kappa shape index (κ2) is 7.71. The predicted octanol–water partition coefficient (Wildman–Crippen LogP) is 2.87. The topological polar surface area (TPSA) is 52.6 Å². The minimum absolute atomic E-state index is 0.210. The highest BCUT2D eigenvalue weighted by Crippen LogP contribution is 2.27. The van der Waals surface area contributed by atoms with Crippen molar-refractivity contribution in [2.24, 2.45) is 0 Å². The molecular weight excluding hydrogens is 256 g/mol. The Labute approximate surface area is 111 Å². The molecule has 0 aromatic heterocycles. The Bertz CT molecular complexity index is 417. The van der Waals surface area contributed by atoms with Crippen LogP contribution in [0.3, 0.4) is 0 Å². The first-order valence-electron chi connectivity index (χ1n) is 5.71. The maximum atomic E-state index is 11.3. The maximum absolute atomic E-state index is 11.3. The van der Waals surface area contributed by atoms with Crippen LogP contribution in [0.15, 0.2) is 18.2 Å². The third kappa shape index (κ3) is 4.37. The standard InChI is InChI=1S/C13H15ClO4/c1-2-3-7-17-12(16)9-18-13-10(8-15)5-4-6-11(13)14/h4-6,8H,2-3,7,9H2,1H3. The number of carbonyl (C=O) groups is 2. The number of rotatable bonds is 7. The number of unbranched alkanes of at least 4 members (excludes halogenated alkanes) is 1. The van der Waals surface area contributed by atoms with Gasteiger partial charge in [0.1, 0.15) is 5.75 Å². The zero-order valence-electron chi connectivity index (χ0n) is 10.1. The molecule has 0 atom stereocenters. The number of para-hydroxylation sites is 1. The Morgan fingerprint density at radius 2 is 2.22 bits per heavy atom. The number of hydrogen-bond acceptors (Lipinski definition) is 4. The predicted molar refractivity (Wildman–Crippen MR) is 68.2 cm³/mol. The van der Waals surface area contributed by atoms with E-state index in [1.54, 1.807) is 18.2 Å². The van der Waals surface area contributed by atoms with Gasteiger partial charge in [0.05, 0.1) is 17.2 Å². The maximum Gasteiger partial charge on any atom is 0.344 e. The molecule has 0 saturated carbocycles. The first kappa shape index (κ1) is 14.5. The Hall–Kier alpha value is -1.55. The van der Waals surface area contributed by atoms with Crippen LogP contribution in [0.25, 0.3) is 0 Å². The molecule has 0 N–H and O–H groups in total. The summed E-state index contributed by atoms with van der Waals surface area (Å²) in [5, 5.41) is 0.293. The van der Waals surface area contributed by atoms with Crippen molar-refractivity contribution in [3.8, 4) is 5.75 Å². The lowest BCUT2D eigenvalue weighted by atomic mass is 10.2. The summed E-state index contributed by atoms with van der Waals surface area (Å²) in [4.78, 5) is 22.1. The Balaban J connectivity index is 2.53. The smallest absolute Gasteiger partial charge is 0.344 e. The summed E-state index contributed by atoms with van der Waals surface area (Å²) in [6, 6.07) is 4.79. The van der Waals surface area contributed by atoms with Gasteiger partial charge in [-0.2, -0.15) is 0 Å². The van der Waals surface area contributed by atoms with Gasteiger partial charge >= 0.3 is 5.97 Å². The number of esters is 1. The minimum Gasteiger partial charge on any atom is -0.480 e. The van der Waals surface area contributed by atoms with Gasteiger partial charge in [-0.05, 0) is 18.6 Å². The van der Waals surface area contributed by atoms with Gasteiger partial charge in [0.25, 0.3) is 0 Å². The molecule has 0 unspecified atom stereocenters. The van der Waals surface area contributed by atoms with Crippen LogP contribution in [0.2, 0.25) is 5.02 Å². The second-order valence-corrected chi connectivity index (χ2v) is 4.05. The van der Waals surface area contributed by atoms with Gasteiger partial charge in [-0.1, -0.05) is 31.0 Å². The van der Waals surface area contributed by atoms with Crippen LogP contribution in [0, 0.1) is 0 Å². The molecule has 0 fully saturated rings. The third-order valence-electron chi connectivity index (χ3n) is 2.22. The summed E-state index contributed by atoms with van der Waals surface area (Å²) in [5.74, 6) is -0.262. The highest BCUT2D eigenvalue weighted by atomic mass is 35.5. The SMILES string of the molecule is CCCCOC(=O)COc1c(Cl)cccc1C=O. The number of halogens is 1. The summed E-state index contributed by atoms with van der Waals surface area (Å²) in [6.07, 6.45) is 2.40. The molecule has 0 heterocycles. The largest absolute Gasteiger partial charge is 0.480 e. The van der Waals surface area contributed by atoms with Crippen LogP contribution in [-0.4, -0.2) is 25.5 Å². The second-order valence-electron chi connectivity index (χ2n) is 3.64. The summed E-state index contributed by atoms with van der Waals surface area (Å²) >= 11 is 5.88. The molecule has 0 aliphatic rings.